The summed E-state index contributed by atoms with van der Waals surface area (Å²) in [4.78, 5) is 18.8. The molecule has 6 heteroatoms. The molecule has 1 N–H and O–H groups in total. The van der Waals surface area contributed by atoms with Gasteiger partial charge in [0.05, 0.1) is 5.39 Å². The molecule has 2 aromatic rings. The van der Waals surface area contributed by atoms with Gasteiger partial charge < -0.3 is 5.11 Å². The van der Waals surface area contributed by atoms with Crippen molar-refractivity contribution in [2.75, 3.05) is 0 Å². The van der Waals surface area contributed by atoms with Crippen LogP contribution in [0.2, 0.25) is 0 Å². The molecular formula is C9H10N4O2. The van der Waals surface area contributed by atoms with Crippen LogP contribution in [0.25, 0.3) is 11.0 Å². The summed E-state index contributed by atoms with van der Waals surface area (Å²) in [6.45, 7) is 3.83. The predicted octanol–water partition coefficient (Wildman–Crippen LogP) is 1.11. The Morgan fingerprint density at radius 2 is 2.27 bits per heavy atom. The Kier molecular flexibility index (Phi) is 2.11. The number of carboxylic acids is 1. The number of hydrogen-bond acceptors (Lipinski definition) is 4. The van der Waals surface area contributed by atoms with Crippen LogP contribution in [-0.4, -0.2) is 30.8 Å². The molecule has 78 valence electrons. The molecule has 0 atom stereocenters. The Morgan fingerprint density at radius 3 is 2.87 bits per heavy atom. The molecular weight excluding hydrogens is 196 g/mol. The van der Waals surface area contributed by atoms with E-state index in [-0.39, 0.29) is 11.7 Å². The second-order valence-corrected chi connectivity index (χ2v) is 3.45. The maximum atomic E-state index is 10.9. The number of hydrogen-bond donors (Lipinski definition) is 1. The van der Waals surface area contributed by atoms with Crippen molar-refractivity contribution in [2.24, 2.45) is 0 Å². The maximum Gasteiger partial charge on any atom is 0.357 e. The molecule has 0 saturated heterocycles. The van der Waals surface area contributed by atoms with E-state index in [9.17, 15) is 4.79 Å². The molecule has 0 unspecified atom stereocenters. The smallest absolute Gasteiger partial charge is 0.357 e. The average molecular weight is 206 g/mol. The highest BCUT2D eigenvalue weighted by molar-refractivity contribution is 5.99. The summed E-state index contributed by atoms with van der Waals surface area (Å²) >= 11 is 0. The zero-order valence-electron chi connectivity index (χ0n) is 8.38. The summed E-state index contributed by atoms with van der Waals surface area (Å²) in [5.74, 6) is -1.06. The van der Waals surface area contributed by atoms with Crippen LogP contribution in [0.4, 0.5) is 0 Å². The average Bonchev–Trinajstić information content (AvgIpc) is 2.56. The number of aromatic carboxylic acids is 1. The molecule has 0 aliphatic carbocycles. The number of rotatable bonds is 2. The van der Waals surface area contributed by atoms with E-state index in [0.29, 0.717) is 11.0 Å². The molecule has 2 aromatic heterocycles. The van der Waals surface area contributed by atoms with Gasteiger partial charge in [-0.05, 0) is 13.8 Å². The SMILES string of the molecule is CC(C)n1nc(C(=O)O)c2cncnc21. The number of aromatic nitrogens is 4. The Hall–Kier alpha value is -1.98. The minimum atomic E-state index is -1.06. The third kappa shape index (κ3) is 1.43. The van der Waals surface area contributed by atoms with E-state index in [1.165, 1.54) is 12.5 Å². The van der Waals surface area contributed by atoms with Gasteiger partial charge in [-0.1, -0.05) is 0 Å². The van der Waals surface area contributed by atoms with Crippen LogP contribution in [0.1, 0.15) is 30.4 Å². The number of nitrogens with zero attached hydrogens (tertiary/aromatic N) is 4. The number of fused-ring (bicyclic) bond motifs is 1. The van der Waals surface area contributed by atoms with Gasteiger partial charge in [-0.2, -0.15) is 5.10 Å². The highest BCUT2D eigenvalue weighted by Gasteiger charge is 2.18. The Morgan fingerprint density at radius 1 is 1.53 bits per heavy atom. The molecule has 0 aliphatic rings. The van der Waals surface area contributed by atoms with Gasteiger partial charge in [-0.25, -0.2) is 19.4 Å². The van der Waals surface area contributed by atoms with Crippen molar-refractivity contribution in [2.45, 2.75) is 19.9 Å². The zero-order valence-corrected chi connectivity index (χ0v) is 8.38. The Labute approximate surface area is 85.6 Å². The molecule has 0 fully saturated rings. The molecule has 6 nitrogen and oxygen atoms in total. The fourth-order valence-corrected chi connectivity index (χ4v) is 1.40. The quantitative estimate of drug-likeness (QED) is 0.795. The lowest BCUT2D eigenvalue weighted by atomic mass is 10.3. The van der Waals surface area contributed by atoms with Crippen LogP contribution < -0.4 is 0 Å². The zero-order chi connectivity index (χ0) is 11.0. The first-order valence-corrected chi connectivity index (χ1v) is 4.52. The van der Waals surface area contributed by atoms with E-state index in [4.69, 9.17) is 5.11 Å². The van der Waals surface area contributed by atoms with E-state index in [0.717, 1.165) is 0 Å². The van der Waals surface area contributed by atoms with Gasteiger partial charge in [0.2, 0.25) is 0 Å². The summed E-state index contributed by atoms with van der Waals surface area (Å²) < 4.78 is 1.58. The summed E-state index contributed by atoms with van der Waals surface area (Å²) in [7, 11) is 0. The van der Waals surface area contributed by atoms with E-state index in [1.54, 1.807) is 4.68 Å². The standard InChI is InChI=1S/C9H10N4O2/c1-5(2)13-8-6(3-10-4-11-8)7(12-13)9(14)15/h3-5H,1-2H3,(H,14,15). The van der Waals surface area contributed by atoms with E-state index in [2.05, 4.69) is 15.1 Å². The minimum absolute atomic E-state index is 0.000648. The van der Waals surface area contributed by atoms with Crippen LogP contribution in [0.15, 0.2) is 12.5 Å². The fourth-order valence-electron chi connectivity index (χ4n) is 1.40. The van der Waals surface area contributed by atoms with Crippen LogP contribution in [-0.2, 0) is 0 Å². The fraction of sp³-hybridized carbons (Fsp3) is 0.333. The number of carboxylic acid groups (broad SMARTS) is 1. The molecule has 0 amide bonds. The summed E-state index contributed by atoms with van der Waals surface area (Å²) in [5.41, 5.74) is 0.553. The third-order valence-corrected chi connectivity index (χ3v) is 2.06. The van der Waals surface area contributed by atoms with Crippen LogP contribution in [0.5, 0.6) is 0 Å². The van der Waals surface area contributed by atoms with Crippen molar-refractivity contribution < 1.29 is 9.90 Å². The molecule has 0 radical (unpaired) electrons. The van der Waals surface area contributed by atoms with Crippen molar-refractivity contribution in [3.05, 3.63) is 18.2 Å². The highest BCUT2D eigenvalue weighted by Crippen LogP contribution is 2.18. The lowest BCUT2D eigenvalue weighted by Crippen LogP contribution is -2.05. The normalized spacial score (nSPS) is 11.1. The molecule has 0 saturated carbocycles. The summed E-state index contributed by atoms with van der Waals surface area (Å²) in [6.07, 6.45) is 2.85. The molecule has 0 spiro atoms. The monoisotopic (exact) mass is 206 g/mol. The second-order valence-electron chi connectivity index (χ2n) is 3.45. The van der Waals surface area contributed by atoms with Gasteiger partial charge in [-0.15, -0.1) is 0 Å². The Balaban J connectivity index is 2.79. The molecule has 2 heterocycles. The van der Waals surface area contributed by atoms with Gasteiger partial charge >= 0.3 is 5.97 Å². The lowest BCUT2D eigenvalue weighted by Gasteiger charge is -2.04. The van der Waals surface area contributed by atoms with Crippen molar-refractivity contribution in [3.8, 4) is 0 Å². The lowest BCUT2D eigenvalue weighted by molar-refractivity contribution is 0.0691. The first kappa shape index (κ1) is 9.57. The van der Waals surface area contributed by atoms with Gasteiger partial charge in [-0.3, -0.25) is 0 Å². The van der Waals surface area contributed by atoms with Gasteiger partial charge in [0.15, 0.2) is 11.3 Å². The van der Waals surface area contributed by atoms with Crippen LogP contribution in [0.3, 0.4) is 0 Å². The number of carbonyl (C=O) groups is 1. The van der Waals surface area contributed by atoms with E-state index >= 15 is 0 Å². The summed E-state index contributed by atoms with van der Waals surface area (Å²) in [5, 5.41) is 13.4. The van der Waals surface area contributed by atoms with Crippen LogP contribution >= 0.6 is 0 Å². The first-order valence-electron chi connectivity index (χ1n) is 4.52. The predicted molar refractivity (Wildman–Crippen MR) is 52.7 cm³/mol. The minimum Gasteiger partial charge on any atom is -0.476 e. The highest BCUT2D eigenvalue weighted by atomic mass is 16.4. The van der Waals surface area contributed by atoms with Gasteiger partial charge in [0, 0.05) is 12.2 Å². The van der Waals surface area contributed by atoms with E-state index < -0.39 is 5.97 Å². The topological polar surface area (TPSA) is 80.9 Å². The molecule has 2 rings (SSSR count). The maximum absolute atomic E-state index is 10.9. The molecule has 15 heavy (non-hydrogen) atoms. The largest absolute Gasteiger partial charge is 0.476 e. The third-order valence-electron chi connectivity index (χ3n) is 2.06. The molecule has 0 aliphatic heterocycles. The van der Waals surface area contributed by atoms with Crippen molar-refractivity contribution in [1.29, 1.82) is 0 Å². The summed E-state index contributed by atoms with van der Waals surface area (Å²) in [6, 6.07) is 0.0653. The van der Waals surface area contributed by atoms with Crippen molar-refractivity contribution in [1.82, 2.24) is 19.7 Å². The van der Waals surface area contributed by atoms with Crippen molar-refractivity contribution in [3.63, 3.8) is 0 Å². The van der Waals surface area contributed by atoms with Crippen LogP contribution in [0, 0.1) is 0 Å². The first-order chi connectivity index (χ1) is 7.11. The second kappa shape index (κ2) is 3.30. The molecule has 0 aromatic carbocycles. The Bertz CT molecular complexity index is 518. The van der Waals surface area contributed by atoms with Crippen molar-refractivity contribution >= 4 is 17.0 Å². The van der Waals surface area contributed by atoms with Gasteiger partial charge in [0.1, 0.15) is 6.33 Å². The van der Waals surface area contributed by atoms with Gasteiger partial charge in [0.25, 0.3) is 0 Å². The van der Waals surface area contributed by atoms with E-state index in [1.807, 2.05) is 13.8 Å². The molecule has 0 bridgehead atoms.